The normalized spacial score (nSPS) is 17.0. The van der Waals surface area contributed by atoms with Gasteiger partial charge in [-0.25, -0.2) is 8.42 Å². The quantitative estimate of drug-likeness (QED) is 0.932. The SMILES string of the molecule is CS(=O)(=O)C1=C(Sc2ccc(Cl)cc2)CNCC1. The van der Waals surface area contributed by atoms with Gasteiger partial charge in [0.25, 0.3) is 0 Å². The van der Waals surface area contributed by atoms with Crippen LogP contribution in [0.4, 0.5) is 0 Å². The van der Waals surface area contributed by atoms with Crippen molar-refractivity contribution in [2.45, 2.75) is 11.3 Å². The lowest BCUT2D eigenvalue weighted by Crippen LogP contribution is -2.26. The zero-order valence-electron chi connectivity index (χ0n) is 9.94. The molecule has 0 atom stereocenters. The van der Waals surface area contributed by atoms with Gasteiger partial charge in [0.2, 0.25) is 0 Å². The summed E-state index contributed by atoms with van der Waals surface area (Å²) in [7, 11) is -3.11. The van der Waals surface area contributed by atoms with Crippen LogP contribution in [0.1, 0.15) is 6.42 Å². The van der Waals surface area contributed by atoms with Gasteiger partial charge in [0.05, 0.1) is 4.91 Å². The number of benzene rings is 1. The van der Waals surface area contributed by atoms with Gasteiger partial charge in [0.15, 0.2) is 9.84 Å². The largest absolute Gasteiger partial charge is 0.312 e. The molecule has 0 fully saturated rings. The first-order valence-corrected chi connectivity index (χ1v) is 8.61. The van der Waals surface area contributed by atoms with Crippen molar-refractivity contribution in [3.63, 3.8) is 0 Å². The molecule has 0 amide bonds. The first-order valence-electron chi connectivity index (χ1n) is 5.53. The number of halogens is 1. The van der Waals surface area contributed by atoms with Crippen LogP contribution in [0.3, 0.4) is 0 Å². The summed E-state index contributed by atoms with van der Waals surface area (Å²) in [5.41, 5.74) is 0. The smallest absolute Gasteiger partial charge is 0.172 e. The number of sulfone groups is 1. The molecule has 18 heavy (non-hydrogen) atoms. The van der Waals surface area contributed by atoms with Crippen LogP contribution >= 0.6 is 23.4 Å². The van der Waals surface area contributed by atoms with Gasteiger partial charge in [-0.1, -0.05) is 23.4 Å². The third kappa shape index (κ3) is 3.51. The Kier molecular flexibility index (Phi) is 4.37. The van der Waals surface area contributed by atoms with Crippen LogP contribution in [-0.2, 0) is 9.84 Å². The highest BCUT2D eigenvalue weighted by atomic mass is 35.5. The number of thioether (sulfide) groups is 1. The molecule has 0 bridgehead atoms. The average Bonchev–Trinajstić information content (AvgIpc) is 2.31. The molecular formula is C12H14ClNO2S2. The Bertz CT molecular complexity index is 564. The van der Waals surface area contributed by atoms with Crippen molar-refractivity contribution < 1.29 is 8.42 Å². The van der Waals surface area contributed by atoms with Gasteiger partial charge in [-0.3, -0.25) is 0 Å². The molecule has 0 saturated carbocycles. The van der Waals surface area contributed by atoms with Crippen LogP contribution in [0.5, 0.6) is 0 Å². The van der Waals surface area contributed by atoms with E-state index in [1.165, 1.54) is 18.0 Å². The number of nitrogens with one attached hydrogen (secondary N) is 1. The zero-order chi connectivity index (χ0) is 13.2. The summed E-state index contributed by atoms with van der Waals surface area (Å²) in [6, 6.07) is 7.41. The minimum atomic E-state index is -3.11. The molecule has 1 aromatic carbocycles. The Balaban J connectivity index is 2.30. The van der Waals surface area contributed by atoms with Gasteiger partial charge in [0.1, 0.15) is 0 Å². The van der Waals surface area contributed by atoms with Crippen molar-refractivity contribution in [1.29, 1.82) is 0 Å². The van der Waals surface area contributed by atoms with Gasteiger partial charge < -0.3 is 5.32 Å². The Morgan fingerprint density at radius 1 is 1.28 bits per heavy atom. The lowest BCUT2D eigenvalue weighted by Gasteiger charge is -2.19. The second-order valence-corrected chi connectivity index (χ2v) is 7.74. The molecule has 0 spiro atoms. The van der Waals surface area contributed by atoms with Gasteiger partial charge in [-0.15, -0.1) is 0 Å². The summed E-state index contributed by atoms with van der Waals surface area (Å²) in [5, 5.41) is 3.88. The first-order chi connectivity index (χ1) is 8.47. The van der Waals surface area contributed by atoms with Crippen LogP contribution in [0.25, 0.3) is 0 Å². The molecule has 0 aromatic heterocycles. The lowest BCUT2D eigenvalue weighted by atomic mass is 10.3. The van der Waals surface area contributed by atoms with E-state index in [1.807, 2.05) is 12.1 Å². The van der Waals surface area contributed by atoms with Crippen LogP contribution in [0.15, 0.2) is 39.0 Å². The molecule has 1 aliphatic rings. The van der Waals surface area contributed by atoms with Gasteiger partial charge in [-0.05, 0) is 30.7 Å². The fourth-order valence-corrected chi connectivity index (χ4v) is 4.38. The van der Waals surface area contributed by atoms with Crippen molar-refractivity contribution >= 4 is 33.2 Å². The minimum absolute atomic E-state index is 0.557. The highest BCUT2D eigenvalue weighted by Gasteiger charge is 2.21. The predicted octanol–water partition coefficient (Wildman–Crippen LogP) is 2.68. The zero-order valence-corrected chi connectivity index (χ0v) is 12.3. The Morgan fingerprint density at radius 3 is 2.56 bits per heavy atom. The van der Waals surface area contributed by atoms with Crippen LogP contribution in [0, 0.1) is 0 Å². The van der Waals surface area contributed by atoms with E-state index in [-0.39, 0.29) is 0 Å². The first kappa shape index (κ1) is 13.9. The molecule has 0 unspecified atom stereocenters. The fraction of sp³-hybridized carbons (Fsp3) is 0.333. The maximum Gasteiger partial charge on any atom is 0.172 e. The Morgan fingerprint density at radius 2 is 1.94 bits per heavy atom. The molecule has 0 aliphatic carbocycles. The summed E-state index contributed by atoms with van der Waals surface area (Å²) in [6.45, 7) is 1.32. The summed E-state index contributed by atoms with van der Waals surface area (Å²) in [4.78, 5) is 2.44. The van der Waals surface area contributed by atoms with Gasteiger partial charge in [-0.2, -0.15) is 0 Å². The number of hydrogen-bond donors (Lipinski definition) is 1. The van der Waals surface area contributed by atoms with E-state index in [2.05, 4.69) is 5.32 Å². The fourth-order valence-electron chi connectivity index (χ4n) is 1.77. The topological polar surface area (TPSA) is 46.2 Å². The molecule has 2 rings (SSSR count). The van der Waals surface area contributed by atoms with Crippen LogP contribution in [-0.4, -0.2) is 27.8 Å². The summed E-state index contributed by atoms with van der Waals surface area (Å²) in [6.07, 6.45) is 1.84. The monoisotopic (exact) mass is 303 g/mol. The van der Waals surface area contributed by atoms with Gasteiger partial charge >= 0.3 is 0 Å². The van der Waals surface area contributed by atoms with E-state index in [0.717, 1.165) is 9.80 Å². The van der Waals surface area contributed by atoms with E-state index in [4.69, 9.17) is 11.6 Å². The predicted molar refractivity (Wildman–Crippen MR) is 76.7 cm³/mol. The van der Waals surface area contributed by atoms with Crippen molar-refractivity contribution in [1.82, 2.24) is 5.32 Å². The molecule has 6 heteroatoms. The molecule has 98 valence electrons. The second-order valence-electron chi connectivity index (χ2n) is 4.10. The molecule has 1 aromatic rings. The molecule has 0 saturated heterocycles. The number of hydrogen-bond acceptors (Lipinski definition) is 4. The summed E-state index contributed by atoms with van der Waals surface area (Å²) in [5.74, 6) is 0. The Hall–Kier alpha value is -0.490. The van der Waals surface area contributed by atoms with Crippen molar-refractivity contribution in [3.8, 4) is 0 Å². The highest BCUT2D eigenvalue weighted by molar-refractivity contribution is 8.04. The molecule has 0 radical (unpaired) electrons. The van der Waals surface area contributed by atoms with Gasteiger partial charge in [0, 0.05) is 34.2 Å². The molecule has 3 nitrogen and oxygen atoms in total. The average molecular weight is 304 g/mol. The standard InChI is InChI=1S/C12H14ClNO2S2/c1-18(15,16)12-6-7-14-8-11(12)17-10-4-2-9(13)3-5-10/h2-5,14H,6-8H2,1H3. The highest BCUT2D eigenvalue weighted by Crippen LogP contribution is 2.33. The van der Waals surface area contributed by atoms with E-state index in [9.17, 15) is 8.42 Å². The third-order valence-corrected chi connectivity index (χ3v) is 5.50. The third-order valence-electron chi connectivity index (χ3n) is 2.63. The van der Waals surface area contributed by atoms with Crippen molar-refractivity contribution in [2.24, 2.45) is 0 Å². The lowest BCUT2D eigenvalue weighted by molar-refractivity contribution is 0.601. The minimum Gasteiger partial charge on any atom is -0.312 e. The summed E-state index contributed by atoms with van der Waals surface area (Å²) < 4.78 is 23.4. The van der Waals surface area contributed by atoms with Crippen molar-refractivity contribution in [3.05, 3.63) is 39.1 Å². The van der Waals surface area contributed by atoms with Crippen LogP contribution < -0.4 is 5.32 Å². The molecule has 1 heterocycles. The summed E-state index contributed by atoms with van der Waals surface area (Å²) >= 11 is 7.31. The van der Waals surface area contributed by atoms with E-state index < -0.39 is 9.84 Å². The number of rotatable bonds is 3. The second kappa shape index (κ2) is 5.65. The molecular weight excluding hydrogens is 290 g/mol. The Labute approximate surface area is 117 Å². The van der Waals surface area contributed by atoms with E-state index in [1.54, 1.807) is 12.1 Å². The van der Waals surface area contributed by atoms with Crippen molar-refractivity contribution in [2.75, 3.05) is 19.3 Å². The van der Waals surface area contributed by atoms with E-state index in [0.29, 0.717) is 29.4 Å². The molecule has 1 aliphatic heterocycles. The maximum atomic E-state index is 11.7. The maximum absolute atomic E-state index is 11.7. The van der Waals surface area contributed by atoms with E-state index >= 15 is 0 Å². The van der Waals surface area contributed by atoms with Crippen LogP contribution in [0.2, 0.25) is 5.02 Å². The molecule has 1 N–H and O–H groups in total.